The van der Waals surface area contributed by atoms with E-state index < -0.39 is 17.1 Å². The molecule has 6 nitrogen and oxygen atoms in total. The van der Waals surface area contributed by atoms with Gasteiger partial charge in [0.25, 0.3) is 5.56 Å². The molecule has 0 spiro atoms. The summed E-state index contributed by atoms with van der Waals surface area (Å²) in [5, 5.41) is 8.91. The molecule has 1 aromatic heterocycles. The molecule has 0 bridgehead atoms. The molecule has 0 radical (unpaired) electrons. The number of para-hydroxylation sites is 1. The van der Waals surface area contributed by atoms with Crippen molar-refractivity contribution in [2.45, 2.75) is 6.61 Å². The number of carboxylic acids is 1. The molecule has 0 aliphatic heterocycles. The van der Waals surface area contributed by atoms with E-state index in [0.717, 1.165) is 11.8 Å². The van der Waals surface area contributed by atoms with Crippen molar-refractivity contribution in [3.05, 3.63) is 82.3 Å². The standard InChI is InChI=1S/C18H14N2O4/c21-17-14(18(22)23)10-19-16(20-17)13-8-4-5-9-15(13)24-11-12-6-2-1-3-7-12/h1-10H,11H2,(H,22,23)(H,19,20,21). The Labute approximate surface area is 137 Å². The maximum absolute atomic E-state index is 11.8. The molecule has 0 unspecified atom stereocenters. The highest BCUT2D eigenvalue weighted by Crippen LogP contribution is 2.27. The van der Waals surface area contributed by atoms with Crippen molar-refractivity contribution in [3.8, 4) is 17.1 Å². The number of H-pyrrole nitrogens is 1. The molecule has 0 aliphatic rings. The van der Waals surface area contributed by atoms with Crippen LogP contribution in [0.3, 0.4) is 0 Å². The van der Waals surface area contributed by atoms with E-state index in [-0.39, 0.29) is 5.82 Å². The molecule has 2 aromatic carbocycles. The van der Waals surface area contributed by atoms with E-state index in [0.29, 0.717) is 17.9 Å². The van der Waals surface area contributed by atoms with E-state index in [1.165, 1.54) is 0 Å². The number of hydrogen-bond acceptors (Lipinski definition) is 4. The zero-order chi connectivity index (χ0) is 16.9. The van der Waals surface area contributed by atoms with Gasteiger partial charge in [0.2, 0.25) is 0 Å². The van der Waals surface area contributed by atoms with Crippen LogP contribution in [0.4, 0.5) is 0 Å². The van der Waals surface area contributed by atoms with Crippen molar-refractivity contribution in [1.82, 2.24) is 9.97 Å². The maximum Gasteiger partial charge on any atom is 0.342 e. The first-order chi connectivity index (χ1) is 11.6. The number of aromatic nitrogens is 2. The Morgan fingerprint density at radius 3 is 2.50 bits per heavy atom. The van der Waals surface area contributed by atoms with Crippen molar-refractivity contribution < 1.29 is 14.6 Å². The maximum atomic E-state index is 11.8. The lowest BCUT2D eigenvalue weighted by molar-refractivity contribution is 0.0694. The SMILES string of the molecule is O=C(O)c1cnc(-c2ccccc2OCc2ccccc2)[nH]c1=O. The quantitative estimate of drug-likeness (QED) is 0.753. The molecule has 24 heavy (non-hydrogen) atoms. The van der Waals surface area contributed by atoms with Crippen molar-refractivity contribution in [1.29, 1.82) is 0 Å². The number of hydrogen-bond donors (Lipinski definition) is 2. The Morgan fingerprint density at radius 1 is 1.08 bits per heavy atom. The highest BCUT2D eigenvalue weighted by molar-refractivity contribution is 5.86. The minimum Gasteiger partial charge on any atom is -0.488 e. The summed E-state index contributed by atoms with van der Waals surface area (Å²) in [5.74, 6) is -0.509. The third kappa shape index (κ3) is 3.33. The molecule has 2 N–H and O–H groups in total. The molecular formula is C18H14N2O4. The van der Waals surface area contributed by atoms with Gasteiger partial charge >= 0.3 is 5.97 Å². The van der Waals surface area contributed by atoms with Crippen molar-refractivity contribution in [2.24, 2.45) is 0 Å². The van der Waals surface area contributed by atoms with Gasteiger partial charge in [-0.2, -0.15) is 0 Å². The van der Waals surface area contributed by atoms with Gasteiger partial charge in [0.15, 0.2) is 0 Å². The summed E-state index contributed by atoms with van der Waals surface area (Å²) in [6, 6.07) is 16.8. The largest absolute Gasteiger partial charge is 0.488 e. The second kappa shape index (κ2) is 6.78. The summed E-state index contributed by atoms with van der Waals surface area (Å²) in [4.78, 5) is 29.3. The minimum absolute atomic E-state index is 0.258. The lowest BCUT2D eigenvalue weighted by atomic mass is 10.1. The topological polar surface area (TPSA) is 92.3 Å². The van der Waals surface area contributed by atoms with Crippen LogP contribution in [0.2, 0.25) is 0 Å². The molecule has 6 heteroatoms. The van der Waals surface area contributed by atoms with E-state index in [1.54, 1.807) is 18.2 Å². The molecule has 1 heterocycles. The summed E-state index contributed by atoms with van der Waals surface area (Å²) in [6.07, 6.45) is 1.05. The van der Waals surface area contributed by atoms with Crippen LogP contribution in [0.5, 0.6) is 5.75 Å². The minimum atomic E-state index is -1.32. The fourth-order valence-electron chi connectivity index (χ4n) is 2.21. The van der Waals surface area contributed by atoms with Crippen LogP contribution in [-0.4, -0.2) is 21.0 Å². The summed E-state index contributed by atoms with van der Waals surface area (Å²) in [6.45, 7) is 0.370. The Bertz CT molecular complexity index is 920. The smallest absolute Gasteiger partial charge is 0.342 e. The van der Waals surface area contributed by atoms with Gasteiger partial charge in [-0.1, -0.05) is 42.5 Å². The fraction of sp³-hybridized carbons (Fsp3) is 0.0556. The molecule has 0 aliphatic carbocycles. The van der Waals surface area contributed by atoms with Crippen LogP contribution in [0.15, 0.2) is 65.6 Å². The summed E-state index contributed by atoms with van der Waals surface area (Å²) < 4.78 is 5.82. The van der Waals surface area contributed by atoms with Crippen molar-refractivity contribution in [2.75, 3.05) is 0 Å². The van der Waals surface area contributed by atoms with Gasteiger partial charge in [0, 0.05) is 6.20 Å². The Morgan fingerprint density at radius 2 is 1.79 bits per heavy atom. The summed E-state index contributed by atoms with van der Waals surface area (Å²) >= 11 is 0. The average Bonchev–Trinajstić information content (AvgIpc) is 2.60. The van der Waals surface area contributed by atoms with E-state index in [9.17, 15) is 9.59 Å². The highest BCUT2D eigenvalue weighted by atomic mass is 16.5. The number of ether oxygens (including phenoxy) is 1. The zero-order valence-electron chi connectivity index (χ0n) is 12.6. The molecular weight excluding hydrogens is 308 g/mol. The Balaban J connectivity index is 1.90. The lowest BCUT2D eigenvalue weighted by Crippen LogP contribution is -2.18. The number of aromatic carboxylic acids is 1. The lowest BCUT2D eigenvalue weighted by Gasteiger charge is -2.11. The third-order valence-corrected chi connectivity index (χ3v) is 3.41. The second-order valence-electron chi connectivity index (χ2n) is 5.05. The molecule has 120 valence electrons. The first-order valence-electron chi connectivity index (χ1n) is 7.24. The number of carboxylic acid groups (broad SMARTS) is 1. The molecule has 0 saturated carbocycles. The molecule has 0 atom stereocenters. The normalized spacial score (nSPS) is 10.3. The van der Waals surface area contributed by atoms with Gasteiger partial charge in [-0.25, -0.2) is 9.78 Å². The van der Waals surface area contributed by atoms with Crippen molar-refractivity contribution in [3.63, 3.8) is 0 Å². The van der Waals surface area contributed by atoms with Crippen LogP contribution < -0.4 is 10.3 Å². The molecule has 0 fully saturated rings. The van der Waals surface area contributed by atoms with Crippen LogP contribution in [0, 0.1) is 0 Å². The summed E-state index contributed by atoms with van der Waals surface area (Å²) in [5.41, 5.74) is 0.490. The number of nitrogens with one attached hydrogen (secondary N) is 1. The van der Waals surface area contributed by atoms with Gasteiger partial charge in [-0.15, -0.1) is 0 Å². The van der Waals surface area contributed by atoms with Crippen LogP contribution in [-0.2, 0) is 6.61 Å². The second-order valence-corrected chi connectivity index (χ2v) is 5.05. The first-order valence-corrected chi connectivity index (χ1v) is 7.24. The third-order valence-electron chi connectivity index (χ3n) is 3.41. The Hall–Kier alpha value is -3.41. The predicted molar refractivity (Wildman–Crippen MR) is 88.0 cm³/mol. The number of rotatable bonds is 5. The molecule has 0 saturated heterocycles. The molecule has 0 amide bonds. The number of benzene rings is 2. The average molecular weight is 322 g/mol. The van der Waals surface area contributed by atoms with Crippen LogP contribution >= 0.6 is 0 Å². The van der Waals surface area contributed by atoms with Gasteiger partial charge in [0.1, 0.15) is 23.7 Å². The molecule has 3 rings (SSSR count). The van der Waals surface area contributed by atoms with Gasteiger partial charge in [-0.3, -0.25) is 4.79 Å². The Kier molecular flexibility index (Phi) is 4.38. The van der Waals surface area contributed by atoms with Crippen LogP contribution in [0.25, 0.3) is 11.4 Å². The van der Waals surface area contributed by atoms with Crippen molar-refractivity contribution >= 4 is 5.97 Å². The predicted octanol–water partition coefficient (Wildman–Crippen LogP) is 2.71. The van der Waals surface area contributed by atoms with E-state index in [4.69, 9.17) is 9.84 Å². The first kappa shape index (κ1) is 15.5. The van der Waals surface area contributed by atoms with Gasteiger partial charge in [0.05, 0.1) is 5.56 Å². The fourth-order valence-corrected chi connectivity index (χ4v) is 2.21. The molecule has 3 aromatic rings. The van der Waals surface area contributed by atoms with Gasteiger partial charge in [-0.05, 0) is 17.7 Å². The number of carbonyl (C=O) groups is 1. The zero-order valence-corrected chi connectivity index (χ0v) is 12.6. The van der Waals surface area contributed by atoms with E-state index in [2.05, 4.69) is 9.97 Å². The van der Waals surface area contributed by atoms with Gasteiger partial charge < -0.3 is 14.8 Å². The number of nitrogens with zero attached hydrogens (tertiary/aromatic N) is 1. The van der Waals surface area contributed by atoms with E-state index >= 15 is 0 Å². The van der Waals surface area contributed by atoms with Crippen LogP contribution in [0.1, 0.15) is 15.9 Å². The summed E-state index contributed by atoms with van der Waals surface area (Å²) in [7, 11) is 0. The highest BCUT2D eigenvalue weighted by Gasteiger charge is 2.13. The number of aromatic amines is 1. The van der Waals surface area contributed by atoms with E-state index in [1.807, 2.05) is 36.4 Å². The monoisotopic (exact) mass is 322 g/mol.